The topological polar surface area (TPSA) is 78.1 Å². The van der Waals surface area contributed by atoms with Gasteiger partial charge in [-0.1, -0.05) is 13.3 Å². The minimum atomic E-state index is -0.339. The van der Waals surface area contributed by atoms with Gasteiger partial charge in [0, 0.05) is 18.8 Å². The Morgan fingerprint density at radius 2 is 1.44 bits per heavy atom. The highest BCUT2D eigenvalue weighted by atomic mass is 16.6. The number of benzene rings is 1. The summed E-state index contributed by atoms with van der Waals surface area (Å²) in [5.41, 5.74) is 1.55. The van der Waals surface area contributed by atoms with E-state index in [0.717, 1.165) is 31.6 Å². The Morgan fingerprint density at radius 1 is 0.852 bits per heavy atom. The van der Waals surface area contributed by atoms with Gasteiger partial charge in [0.05, 0.1) is 45.2 Å². The molecule has 154 valence electrons. The molecule has 0 saturated carbocycles. The average molecular weight is 383 g/mol. The van der Waals surface area contributed by atoms with Crippen LogP contribution in [0.15, 0.2) is 24.3 Å². The Morgan fingerprint density at radius 3 is 2.04 bits per heavy atom. The third-order valence-electron chi connectivity index (χ3n) is 3.68. The number of anilines is 1. The first kappa shape index (κ1) is 23.4. The number of carbonyl (C=O) groups is 1. The molecule has 1 rings (SSSR count). The van der Waals surface area contributed by atoms with Crippen LogP contribution in [0, 0.1) is 0 Å². The van der Waals surface area contributed by atoms with Crippen molar-refractivity contribution in [2.45, 2.75) is 19.8 Å². The molecule has 0 unspecified atom stereocenters. The predicted octanol–water partition coefficient (Wildman–Crippen LogP) is 2.32. The standard InChI is InChI=1S/C20H34N2O5/c1-3-4-9-22-19-7-5-18(6-8-19)20(23)27-17-16-26-15-14-25-13-12-24-11-10-21-2/h5-8,21-22H,3-4,9-17H2,1-2H3. The summed E-state index contributed by atoms with van der Waals surface area (Å²) in [6, 6.07) is 7.32. The van der Waals surface area contributed by atoms with E-state index in [0.29, 0.717) is 45.2 Å². The first-order valence-electron chi connectivity index (χ1n) is 9.66. The Bertz CT molecular complexity index is 482. The largest absolute Gasteiger partial charge is 0.460 e. The van der Waals surface area contributed by atoms with Gasteiger partial charge < -0.3 is 29.6 Å². The van der Waals surface area contributed by atoms with Gasteiger partial charge in [-0.15, -0.1) is 0 Å². The second-order valence-electron chi connectivity index (χ2n) is 5.93. The second-order valence-corrected chi connectivity index (χ2v) is 5.93. The van der Waals surface area contributed by atoms with E-state index in [9.17, 15) is 4.79 Å². The number of hydrogen-bond acceptors (Lipinski definition) is 7. The fourth-order valence-electron chi connectivity index (χ4n) is 2.13. The van der Waals surface area contributed by atoms with Crippen LogP contribution in [-0.2, 0) is 18.9 Å². The lowest BCUT2D eigenvalue weighted by Gasteiger charge is -2.08. The van der Waals surface area contributed by atoms with Crippen LogP contribution >= 0.6 is 0 Å². The van der Waals surface area contributed by atoms with E-state index in [-0.39, 0.29) is 12.6 Å². The quantitative estimate of drug-likeness (QED) is 0.316. The second kappa shape index (κ2) is 16.5. The number of carbonyl (C=O) groups excluding carboxylic acids is 1. The maximum absolute atomic E-state index is 12.0. The van der Waals surface area contributed by atoms with Gasteiger partial charge in [0.15, 0.2) is 0 Å². The molecule has 27 heavy (non-hydrogen) atoms. The molecule has 0 bridgehead atoms. The number of ether oxygens (including phenoxy) is 4. The van der Waals surface area contributed by atoms with Gasteiger partial charge in [0.2, 0.25) is 0 Å². The molecule has 7 nitrogen and oxygen atoms in total. The van der Waals surface area contributed by atoms with Crippen molar-refractivity contribution in [3.05, 3.63) is 29.8 Å². The zero-order chi connectivity index (χ0) is 19.6. The van der Waals surface area contributed by atoms with Crippen molar-refractivity contribution in [1.82, 2.24) is 5.32 Å². The summed E-state index contributed by atoms with van der Waals surface area (Å²) < 4.78 is 21.3. The molecule has 7 heteroatoms. The Balaban J connectivity index is 1.99. The van der Waals surface area contributed by atoms with Crippen LogP contribution in [0.25, 0.3) is 0 Å². The lowest BCUT2D eigenvalue weighted by atomic mass is 10.2. The fraction of sp³-hybridized carbons (Fsp3) is 0.650. The molecule has 0 atom stereocenters. The number of esters is 1. The summed E-state index contributed by atoms with van der Waals surface area (Å²) in [6.07, 6.45) is 2.27. The number of hydrogen-bond donors (Lipinski definition) is 2. The lowest BCUT2D eigenvalue weighted by molar-refractivity contribution is 0.000965. The van der Waals surface area contributed by atoms with Crippen LogP contribution in [0.1, 0.15) is 30.1 Å². The van der Waals surface area contributed by atoms with Gasteiger partial charge in [0.1, 0.15) is 6.61 Å². The molecule has 0 aliphatic rings. The summed E-state index contributed by atoms with van der Waals surface area (Å²) in [7, 11) is 1.89. The molecular weight excluding hydrogens is 348 g/mol. The highest BCUT2D eigenvalue weighted by Gasteiger charge is 2.06. The fourth-order valence-corrected chi connectivity index (χ4v) is 2.13. The van der Waals surface area contributed by atoms with Gasteiger partial charge in [0.25, 0.3) is 0 Å². The maximum Gasteiger partial charge on any atom is 0.338 e. The van der Waals surface area contributed by atoms with Gasteiger partial charge in [-0.2, -0.15) is 0 Å². The zero-order valence-electron chi connectivity index (χ0n) is 16.6. The highest BCUT2D eigenvalue weighted by molar-refractivity contribution is 5.89. The normalized spacial score (nSPS) is 10.7. The lowest BCUT2D eigenvalue weighted by Crippen LogP contribution is -2.17. The summed E-state index contributed by atoms with van der Waals surface area (Å²) >= 11 is 0. The number of unbranched alkanes of at least 4 members (excludes halogenated alkanes) is 1. The zero-order valence-corrected chi connectivity index (χ0v) is 16.6. The monoisotopic (exact) mass is 382 g/mol. The molecule has 0 fully saturated rings. The first-order valence-corrected chi connectivity index (χ1v) is 9.66. The van der Waals surface area contributed by atoms with Crippen molar-refractivity contribution in [1.29, 1.82) is 0 Å². The number of likely N-dealkylation sites (N-methyl/N-ethyl adjacent to an activating group) is 1. The maximum atomic E-state index is 12.0. The van der Waals surface area contributed by atoms with Crippen molar-refractivity contribution >= 4 is 11.7 Å². The van der Waals surface area contributed by atoms with Crippen molar-refractivity contribution in [2.24, 2.45) is 0 Å². The third-order valence-corrected chi connectivity index (χ3v) is 3.68. The van der Waals surface area contributed by atoms with E-state index in [4.69, 9.17) is 18.9 Å². The summed E-state index contributed by atoms with van der Waals surface area (Å²) in [5, 5.41) is 6.31. The highest BCUT2D eigenvalue weighted by Crippen LogP contribution is 2.10. The molecule has 1 aromatic carbocycles. The van der Waals surface area contributed by atoms with E-state index in [1.54, 1.807) is 12.1 Å². The van der Waals surface area contributed by atoms with Crippen LogP contribution in [0.3, 0.4) is 0 Å². The van der Waals surface area contributed by atoms with Crippen LogP contribution in [0.2, 0.25) is 0 Å². The molecule has 0 spiro atoms. The van der Waals surface area contributed by atoms with E-state index < -0.39 is 0 Å². The number of rotatable bonds is 17. The van der Waals surface area contributed by atoms with Gasteiger partial charge >= 0.3 is 5.97 Å². The Kier molecular flexibility index (Phi) is 14.3. The van der Waals surface area contributed by atoms with E-state index >= 15 is 0 Å². The third kappa shape index (κ3) is 12.4. The minimum Gasteiger partial charge on any atom is -0.460 e. The molecule has 2 N–H and O–H groups in total. The SMILES string of the molecule is CCCCNc1ccc(C(=O)OCCOCCOCCOCCNC)cc1. The molecule has 0 saturated heterocycles. The van der Waals surface area contributed by atoms with Crippen LogP contribution in [-0.4, -0.2) is 72.4 Å². The van der Waals surface area contributed by atoms with Crippen molar-refractivity contribution < 1.29 is 23.7 Å². The van der Waals surface area contributed by atoms with Gasteiger partial charge in [-0.25, -0.2) is 4.79 Å². The summed E-state index contributed by atoms with van der Waals surface area (Å²) in [4.78, 5) is 12.0. The van der Waals surface area contributed by atoms with Crippen LogP contribution in [0.5, 0.6) is 0 Å². The Labute approximate surface area is 162 Å². The molecule has 0 aromatic heterocycles. The molecule has 0 heterocycles. The smallest absolute Gasteiger partial charge is 0.338 e. The molecular formula is C20H34N2O5. The minimum absolute atomic E-state index is 0.225. The Hall–Kier alpha value is -1.67. The predicted molar refractivity (Wildman–Crippen MR) is 107 cm³/mol. The average Bonchev–Trinajstić information content (AvgIpc) is 2.69. The van der Waals surface area contributed by atoms with Crippen molar-refractivity contribution in [3.8, 4) is 0 Å². The van der Waals surface area contributed by atoms with Crippen molar-refractivity contribution in [2.75, 3.05) is 71.7 Å². The molecule has 0 radical (unpaired) electrons. The van der Waals surface area contributed by atoms with E-state index in [1.165, 1.54) is 0 Å². The molecule has 0 aliphatic heterocycles. The van der Waals surface area contributed by atoms with E-state index in [2.05, 4.69) is 17.6 Å². The van der Waals surface area contributed by atoms with E-state index in [1.807, 2.05) is 19.2 Å². The summed E-state index contributed by atoms with van der Waals surface area (Å²) in [6.45, 7) is 7.26. The molecule has 1 aromatic rings. The van der Waals surface area contributed by atoms with Gasteiger partial charge in [-0.05, 0) is 37.7 Å². The van der Waals surface area contributed by atoms with Crippen molar-refractivity contribution in [3.63, 3.8) is 0 Å². The molecule has 0 amide bonds. The first-order chi connectivity index (χ1) is 13.3. The molecule has 0 aliphatic carbocycles. The van der Waals surface area contributed by atoms with Crippen LogP contribution < -0.4 is 10.6 Å². The van der Waals surface area contributed by atoms with Gasteiger partial charge in [-0.3, -0.25) is 0 Å². The number of nitrogens with one attached hydrogen (secondary N) is 2. The summed E-state index contributed by atoms with van der Waals surface area (Å²) in [5.74, 6) is -0.339. The van der Waals surface area contributed by atoms with Crippen LogP contribution in [0.4, 0.5) is 5.69 Å².